The molecule has 20 heavy (non-hydrogen) atoms. The molecule has 1 aromatic rings. The summed E-state index contributed by atoms with van der Waals surface area (Å²) in [5.41, 5.74) is 1.15. The Morgan fingerprint density at radius 2 is 2.10 bits per heavy atom. The Morgan fingerprint density at radius 1 is 1.25 bits per heavy atom. The van der Waals surface area contributed by atoms with Gasteiger partial charge in [0.2, 0.25) is 5.91 Å². The summed E-state index contributed by atoms with van der Waals surface area (Å²) in [4.78, 5) is 18.8. The van der Waals surface area contributed by atoms with Gasteiger partial charge < -0.3 is 10.2 Å². The van der Waals surface area contributed by atoms with Gasteiger partial charge in [0.15, 0.2) is 0 Å². The van der Waals surface area contributed by atoms with Crippen molar-refractivity contribution in [2.75, 3.05) is 23.3 Å². The maximum atomic E-state index is 12.1. The Bertz CT molecular complexity index is 489. The number of nitrogens with one attached hydrogen (secondary N) is 1. The van der Waals surface area contributed by atoms with Gasteiger partial charge >= 0.3 is 0 Å². The zero-order valence-corrected chi connectivity index (χ0v) is 11.7. The Kier molecular flexibility index (Phi) is 4.00. The summed E-state index contributed by atoms with van der Waals surface area (Å²) in [5.74, 6) is 0.850. The maximum absolute atomic E-state index is 12.1. The van der Waals surface area contributed by atoms with Crippen LogP contribution in [-0.2, 0) is 4.79 Å². The minimum atomic E-state index is 0.0933. The fourth-order valence-corrected chi connectivity index (χ4v) is 2.88. The van der Waals surface area contributed by atoms with E-state index in [4.69, 9.17) is 0 Å². The first-order chi connectivity index (χ1) is 9.83. The van der Waals surface area contributed by atoms with E-state index in [0.717, 1.165) is 38.0 Å². The second-order valence-corrected chi connectivity index (χ2v) is 5.57. The van der Waals surface area contributed by atoms with E-state index in [0.29, 0.717) is 5.82 Å². The molecule has 0 saturated carbocycles. The molecule has 1 atom stereocenters. The highest BCUT2D eigenvalue weighted by Crippen LogP contribution is 2.22. The number of pyridine rings is 1. The molecule has 2 heterocycles. The van der Waals surface area contributed by atoms with Crippen molar-refractivity contribution in [1.82, 2.24) is 4.98 Å². The van der Waals surface area contributed by atoms with Crippen molar-refractivity contribution in [2.24, 2.45) is 5.92 Å². The molecule has 2 aliphatic rings. The lowest BCUT2D eigenvalue weighted by molar-refractivity contribution is -0.120. The van der Waals surface area contributed by atoms with E-state index in [-0.39, 0.29) is 11.8 Å². The summed E-state index contributed by atoms with van der Waals surface area (Å²) in [7, 11) is 0. The highest BCUT2D eigenvalue weighted by Gasteiger charge is 2.19. The summed E-state index contributed by atoms with van der Waals surface area (Å²) in [6.45, 7) is 2.23. The van der Waals surface area contributed by atoms with Gasteiger partial charge in [-0.1, -0.05) is 12.2 Å². The molecule has 1 saturated heterocycles. The lowest BCUT2D eigenvalue weighted by Gasteiger charge is -2.19. The van der Waals surface area contributed by atoms with Gasteiger partial charge in [-0.05, 0) is 44.2 Å². The number of anilines is 2. The van der Waals surface area contributed by atoms with Crippen molar-refractivity contribution in [3.8, 4) is 0 Å². The highest BCUT2D eigenvalue weighted by atomic mass is 16.1. The van der Waals surface area contributed by atoms with E-state index in [9.17, 15) is 4.79 Å². The van der Waals surface area contributed by atoms with E-state index in [1.807, 2.05) is 12.3 Å². The first-order valence-corrected chi connectivity index (χ1v) is 7.50. The minimum Gasteiger partial charge on any atom is -0.370 e. The minimum absolute atomic E-state index is 0.0933. The molecule has 3 rings (SSSR count). The largest absolute Gasteiger partial charge is 0.370 e. The number of aromatic nitrogens is 1. The Morgan fingerprint density at radius 3 is 2.75 bits per heavy atom. The third-order valence-corrected chi connectivity index (χ3v) is 4.11. The zero-order chi connectivity index (χ0) is 13.8. The van der Waals surface area contributed by atoms with Crippen molar-refractivity contribution in [3.05, 3.63) is 30.5 Å². The fourth-order valence-electron chi connectivity index (χ4n) is 2.88. The van der Waals surface area contributed by atoms with Gasteiger partial charge in [-0.25, -0.2) is 4.98 Å². The van der Waals surface area contributed by atoms with Crippen molar-refractivity contribution in [1.29, 1.82) is 0 Å². The first-order valence-electron chi connectivity index (χ1n) is 7.50. The van der Waals surface area contributed by atoms with E-state index in [2.05, 4.69) is 33.4 Å². The molecule has 1 aromatic heterocycles. The smallest absolute Gasteiger partial charge is 0.228 e. The summed E-state index contributed by atoms with van der Waals surface area (Å²) in [6.07, 6.45) is 11.4. The third-order valence-electron chi connectivity index (χ3n) is 4.11. The van der Waals surface area contributed by atoms with Crippen LogP contribution in [0.3, 0.4) is 0 Å². The summed E-state index contributed by atoms with van der Waals surface area (Å²) < 4.78 is 0. The Hall–Kier alpha value is -1.84. The van der Waals surface area contributed by atoms with Crippen LogP contribution in [0.5, 0.6) is 0 Å². The van der Waals surface area contributed by atoms with Crippen LogP contribution in [0.4, 0.5) is 11.5 Å². The zero-order valence-electron chi connectivity index (χ0n) is 11.7. The number of carbonyl (C=O) groups is 1. The molecule has 106 valence electrons. The predicted molar refractivity (Wildman–Crippen MR) is 80.8 cm³/mol. The van der Waals surface area contributed by atoms with Crippen LogP contribution in [0.25, 0.3) is 0 Å². The average molecular weight is 271 g/mol. The maximum Gasteiger partial charge on any atom is 0.228 e. The molecule has 0 bridgehead atoms. The fraction of sp³-hybridized carbons (Fsp3) is 0.500. The molecule has 1 aliphatic heterocycles. The standard InChI is InChI=1S/C16H21N3O/c20-16(13-6-2-1-3-7-13)18-15-9-8-14(12-17-15)19-10-4-5-11-19/h1-2,8-9,12-13H,3-7,10-11H2,(H,17,18,20)/t13-/m0/s1. The van der Waals surface area contributed by atoms with Crippen molar-refractivity contribution in [3.63, 3.8) is 0 Å². The SMILES string of the molecule is O=C(Nc1ccc(N2CCCC2)cn1)[C@H]1CC=CCC1. The molecule has 4 nitrogen and oxygen atoms in total. The van der Waals surface area contributed by atoms with Crippen LogP contribution in [0.15, 0.2) is 30.5 Å². The molecular weight excluding hydrogens is 250 g/mol. The summed E-state index contributed by atoms with van der Waals surface area (Å²) in [5, 5.41) is 2.93. The van der Waals surface area contributed by atoms with E-state index >= 15 is 0 Å². The molecule has 1 fully saturated rings. The van der Waals surface area contributed by atoms with Crippen molar-refractivity contribution in [2.45, 2.75) is 32.1 Å². The number of nitrogens with zero attached hydrogens (tertiary/aromatic N) is 2. The number of hydrogen-bond donors (Lipinski definition) is 1. The van der Waals surface area contributed by atoms with Gasteiger partial charge in [-0.3, -0.25) is 4.79 Å². The third kappa shape index (κ3) is 3.00. The molecule has 0 radical (unpaired) electrons. The van der Waals surface area contributed by atoms with Crippen LogP contribution < -0.4 is 10.2 Å². The molecule has 0 unspecified atom stereocenters. The van der Waals surface area contributed by atoms with Crippen LogP contribution in [0.1, 0.15) is 32.1 Å². The lowest BCUT2D eigenvalue weighted by Crippen LogP contribution is -2.24. The number of rotatable bonds is 3. The summed E-state index contributed by atoms with van der Waals surface area (Å²) in [6, 6.07) is 3.96. The normalized spacial score (nSPS) is 22.0. The van der Waals surface area contributed by atoms with Gasteiger partial charge in [0.1, 0.15) is 5.82 Å². The monoisotopic (exact) mass is 271 g/mol. The number of carbonyl (C=O) groups excluding carboxylic acids is 1. The van der Waals surface area contributed by atoms with E-state index in [1.165, 1.54) is 12.8 Å². The number of allylic oxidation sites excluding steroid dienone is 2. The molecule has 1 N–H and O–H groups in total. The first kappa shape index (κ1) is 13.2. The molecule has 1 amide bonds. The highest BCUT2D eigenvalue weighted by molar-refractivity contribution is 5.91. The van der Waals surface area contributed by atoms with Gasteiger partial charge in [-0.2, -0.15) is 0 Å². The summed E-state index contributed by atoms with van der Waals surface area (Å²) >= 11 is 0. The van der Waals surface area contributed by atoms with Gasteiger partial charge in [-0.15, -0.1) is 0 Å². The quantitative estimate of drug-likeness (QED) is 0.860. The van der Waals surface area contributed by atoms with Crippen LogP contribution in [0, 0.1) is 5.92 Å². The van der Waals surface area contributed by atoms with Gasteiger partial charge in [0, 0.05) is 19.0 Å². The average Bonchev–Trinajstić information content (AvgIpc) is 3.03. The Balaban J connectivity index is 1.59. The number of amides is 1. The molecule has 1 aliphatic carbocycles. The van der Waals surface area contributed by atoms with E-state index in [1.54, 1.807) is 0 Å². The lowest BCUT2D eigenvalue weighted by atomic mass is 9.94. The van der Waals surface area contributed by atoms with Gasteiger partial charge in [0.05, 0.1) is 11.9 Å². The van der Waals surface area contributed by atoms with Crippen molar-refractivity contribution < 1.29 is 4.79 Å². The van der Waals surface area contributed by atoms with Crippen LogP contribution in [-0.4, -0.2) is 24.0 Å². The topological polar surface area (TPSA) is 45.2 Å². The predicted octanol–water partition coefficient (Wildman–Crippen LogP) is 2.98. The second-order valence-electron chi connectivity index (χ2n) is 5.57. The number of hydrogen-bond acceptors (Lipinski definition) is 3. The van der Waals surface area contributed by atoms with Crippen molar-refractivity contribution >= 4 is 17.4 Å². The molecule has 4 heteroatoms. The van der Waals surface area contributed by atoms with Crippen LogP contribution >= 0.6 is 0 Å². The van der Waals surface area contributed by atoms with Crippen LogP contribution in [0.2, 0.25) is 0 Å². The molecular formula is C16H21N3O. The second kappa shape index (κ2) is 6.07. The van der Waals surface area contributed by atoms with E-state index < -0.39 is 0 Å². The van der Waals surface area contributed by atoms with Gasteiger partial charge in [0.25, 0.3) is 0 Å². The Labute approximate surface area is 119 Å². The molecule has 0 spiro atoms. The molecule has 0 aromatic carbocycles.